The number of rotatable bonds is 6. The molecule has 0 atom stereocenters. The van der Waals surface area contributed by atoms with Gasteiger partial charge in [-0.15, -0.1) is 0 Å². The summed E-state index contributed by atoms with van der Waals surface area (Å²) in [5.74, 6) is -0.750. The van der Waals surface area contributed by atoms with Crippen LogP contribution in [0.25, 0.3) is 6.08 Å². The first kappa shape index (κ1) is 18.4. The van der Waals surface area contributed by atoms with E-state index in [1.807, 2.05) is 17.7 Å². The molecular formula is C19H18N2O3S. The maximum Gasteiger partial charge on any atom is 0.264 e. The summed E-state index contributed by atoms with van der Waals surface area (Å²) < 4.78 is 26.4. The van der Waals surface area contributed by atoms with E-state index < -0.39 is 15.9 Å². The number of carbonyl (C=O) groups excluding carboxylic acids is 1. The lowest BCUT2D eigenvalue weighted by Crippen LogP contribution is -2.28. The lowest BCUT2D eigenvalue weighted by atomic mass is 10.1. The van der Waals surface area contributed by atoms with Crippen molar-refractivity contribution < 1.29 is 13.2 Å². The average molecular weight is 354 g/mol. The molecule has 2 aromatic carbocycles. The molecule has 0 bridgehead atoms. The molecule has 6 heteroatoms. The first-order valence-corrected chi connectivity index (χ1v) is 9.27. The first-order chi connectivity index (χ1) is 11.9. The topological polar surface area (TPSA) is 87.0 Å². The zero-order valence-corrected chi connectivity index (χ0v) is 14.6. The molecule has 2 rings (SSSR count). The molecule has 5 nitrogen and oxygen atoms in total. The molecule has 2 aromatic rings. The maximum absolute atomic E-state index is 12.2. The monoisotopic (exact) mass is 354 g/mol. The van der Waals surface area contributed by atoms with Crippen LogP contribution in [0, 0.1) is 11.3 Å². The first-order valence-electron chi connectivity index (χ1n) is 7.78. The van der Waals surface area contributed by atoms with E-state index in [4.69, 9.17) is 5.26 Å². The Morgan fingerprint density at radius 1 is 1.20 bits per heavy atom. The van der Waals surface area contributed by atoms with Gasteiger partial charge in [-0.3, -0.25) is 4.79 Å². The van der Waals surface area contributed by atoms with Crippen LogP contribution in [0.4, 0.5) is 0 Å². The van der Waals surface area contributed by atoms with E-state index in [0.29, 0.717) is 11.1 Å². The van der Waals surface area contributed by atoms with Gasteiger partial charge in [-0.2, -0.15) is 5.26 Å². The average Bonchev–Trinajstić information content (AvgIpc) is 2.60. The lowest BCUT2D eigenvalue weighted by Gasteiger charge is -2.06. The normalized spacial score (nSPS) is 11.2. The van der Waals surface area contributed by atoms with Crippen molar-refractivity contribution in [2.24, 2.45) is 0 Å². The third-order valence-electron chi connectivity index (χ3n) is 3.45. The number of aryl methyl sites for hydroxylation is 1. The molecule has 0 saturated heterocycles. The van der Waals surface area contributed by atoms with Gasteiger partial charge in [0.2, 0.25) is 0 Å². The number of nitriles is 1. The van der Waals surface area contributed by atoms with Gasteiger partial charge < -0.3 is 0 Å². The van der Waals surface area contributed by atoms with Crippen molar-refractivity contribution >= 4 is 22.0 Å². The van der Waals surface area contributed by atoms with Gasteiger partial charge in [-0.25, -0.2) is 13.1 Å². The van der Waals surface area contributed by atoms with Crippen LogP contribution in [0.1, 0.15) is 30.0 Å². The molecule has 0 radical (unpaired) electrons. The van der Waals surface area contributed by atoms with Crippen molar-refractivity contribution in [1.82, 2.24) is 4.72 Å². The van der Waals surface area contributed by atoms with Gasteiger partial charge >= 0.3 is 0 Å². The van der Waals surface area contributed by atoms with E-state index in [9.17, 15) is 13.2 Å². The van der Waals surface area contributed by atoms with Crippen LogP contribution in [0.15, 0.2) is 59.5 Å². The van der Waals surface area contributed by atoms with E-state index in [2.05, 4.69) is 0 Å². The van der Waals surface area contributed by atoms with E-state index in [0.717, 1.165) is 24.5 Å². The van der Waals surface area contributed by atoms with Crippen LogP contribution in [-0.2, 0) is 21.2 Å². The van der Waals surface area contributed by atoms with E-state index in [1.54, 1.807) is 36.4 Å². The van der Waals surface area contributed by atoms with Crippen LogP contribution in [0.5, 0.6) is 0 Å². The van der Waals surface area contributed by atoms with Gasteiger partial charge in [0.15, 0.2) is 0 Å². The quantitative estimate of drug-likeness (QED) is 0.808. The Balaban J connectivity index is 2.07. The Bertz CT molecular complexity index is 924. The zero-order chi connectivity index (χ0) is 18.3. The summed E-state index contributed by atoms with van der Waals surface area (Å²) >= 11 is 0. The standard InChI is InChI=1S/C19H18N2O3S/c1-2-4-15-7-10-18(11-8-15)25(23,24)21-19(22)12-9-16-5-3-6-17(13-16)14-20/h3,5-13H,2,4H2,1H3,(H,21,22)/b12-9+. The summed E-state index contributed by atoms with van der Waals surface area (Å²) in [5, 5.41) is 8.84. The van der Waals surface area contributed by atoms with Crippen molar-refractivity contribution in [3.63, 3.8) is 0 Å². The van der Waals surface area contributed by atoms with Gasteiger partial charge in [0.25, 0.3) is 15.9 Å². The van der Waals surface area contributed by atoms with E-state index >= 15 is 0 Å². The highest BCUT2D eigenvalue weighted by Crippen LogP contribution is 2.12. The lowest BCUT2D eigenvalue weighted by molar-refractivity contribution is -0.114. The summed E-state index contributed by atoms with van der Waals surface area (Å²) in [7, 11) is -3.91. The molecule has 0 unspecified atom stereocenters. The van der Waals surface area contributed by atoms with Gasteiger partial charge in [-0.1, -0.05) is 37.6 Å². The van der Waals surface area contributed by atoms with E-state index in [1.165, 1.54) is 18.2 Å². The Hall–Kier alpha value is -2.91. The van der Waals surface area contributed by atoms with Crippen LogP contribution < -0.4 is 4.72 Å². The third-order valence-corrected chi connectivity index (χ3v) is 4.81. The fraction of sp³-hybridized carbons (Fsp3) is 0.158. The van der Waals surface area contributed by atoms with Crippen LogP contribution >= 0.6 is 0 Å². The number of hydrogen-bond donors (Lipinski definition) is 1. The van der Waals surface area contributed by atoms with Crippen molar-refractivity contribution in [3.8, 4) is 6.07 Å². The number of nitrogens with one attached hydrogen (secondary N) is 1. The molecule has 1 N–H and O–H groups in total. The van der Waals surface area contributed by atoms with Crippen LogP contribution in [0.2, 0.25) is 0 Å². The van der Waals surface area contributed by atoms with E-state index in [-0.39, 0.29) is 4.90 Å². The Kier molecular flexibility index (Phi) is 6.09. The minimum absolute atomic E-state index is 0.0422. The Morgan fingerprint density at radius 2 is 1.92 bits per heavy atom. The van der Waals surface area contributed by atoms with Crippen molar-refractivity contribution in [3.05, 3.63) is 71.3 Å². The predicted octanol–water partition coefficient (Wildman–Crippen LogP) is 3.03. The third kappa shape index (κ3) is 5.30. The number of benzene rings is 2. The fourth-order valence-corrected chi connectivity index (χ4v) is 3.18. The molecule has 128 valence electrons. The molecule has 0 aliphatic carbocycles. The minimum Gasteiger partial charge on any atom is -0.269 e. The van der Waals surface area contributed by atoms with Gasteiger partial charge in [0.05, 0.1) is 16.5 Å². The van der Waals surface area contributed by atoms with Gasteiger partial charge in [0, 0.05) is 6.08 Å². The predicted molar refractivity (Wildman–Crippen MR) is 96.0 cm³/mol. The minimum atomic E-state index is -3.91. The summed E-state index contributed by atoms with van der Waals surface area (Å²) in [6.45, 7) is 2.05. The van der Waals surface area contributed by atoms with Crippen molar-refractivity contribution in [1.29, 1.82) is 5.26 Å². The molecule has 0 aliphatic rings. The number of hydrogen-bond acceptors (Lipinski definition) is 4. The van der Waals surface area contributed by atoms with Crippen molar-refractivity contribution in [2.75, 3.05) is 0 Å². The highest BCUT2D eigenvalue weighted by molar-refractivity contribution is 7.90. The summed E-state index contributed by atoms with van der Waals surface area (Å²) in [6.07, 6.45) is 4.42. The Labute approximate surface area is 147 Å². The van der Waals surface area contributed by atoms with Gasteiger partial charge in [-0.05, 0) is 47.9 Å². The maximum atomic E-state index is 12.2. The number of carbonyl (C=O) groups is 1. The molecular weight excluding hydrogens is 336 g/mol. The molecule has 0 heterocycles. The largest absolute Gasteiger partial charge is 0.269 e. The summed E-state index contributed by atoms with van der Waals surface area (Å²) in [6, 6.07) is 15.1. The fourth-order valence-electron chi connectivity index (χ4n) is 2.23. The Morgan fingerprint density at radius 3 is 2.56 bits per heavy atom. The number of sulfonamides is 1. The molecule has 0 aliphatic heterocycles. The summed E-state index contributed by atoms with van der Waals surface area (Å²) in [5.41, 5.74) is 2.14. The molecule has 0 fully saturated rings. The zero-order valence-electron chi connectivity index (χ0n) is 13.8. The SMILES string of the molecule is CCCc1ccc(S(=O)(=O)NC(=O)/C=C/c2cccc(C#N)c2)cc1. The van der Waals surface area contributed by atoms with Crippen molar-refractivity contribution in [2.45, 2.75) is 24.7 Å². The van der Waals surface area contributed by atoms with Crippen LogP contribution in [0.3, 0.4) is 0 Å². The van der Waals surface area contributed by atoms with Gasteiger partial charge in [0.1, 0.15) is 0 Å². The molecule has 0 spiro atoms. The molecule has 25 heavy (non-hydrogen) atoms. The highest BCUT2D eigenvalue weighted by atomic mass is 32.2. The second-order valence-corrected chi connectivity index (χ2v) is 7.12. The molecule has 0 aromatic heterocycles. The number of amides is 1. The highest BCUT2D eigenvalue weighted by Gasteiger charge is 2.15. The van der Waals surface area contributed by atoms with Crippen LogP contribution in [-0.4, -0.2) is 14.3 Å². The smallest absolute Gasteiger partial charge is 0.264 e. The number of nitrogens with zero attached hydrogens (tertiary/aromatic N) is 1. The second kappa shape index (κ2) is 8.27. The molecule has 0 saturated carbocycles. The second-order valence-electron chi connectivity index (χ2n) is 5.43. The summed E-state index contributed by atoms with van der Waals surface area (Å²) in [4.78, 5) is 11.9. The molecule has 1 amide bonds.